The number of ether oxygens (including phenoxy) is 3. The highest BCUT2D eigenvalue weighted by atomic mass is 16.7. The van der Waals surface area contributed by atoms with Gasteiger partial charge in [0, 0.05) is 16.8 Å². The Kier molecular flexibility index (Phi) is 2.79. The normalized spacial score (nSPS) is 16.1. The van der Waals surface area contributed by atoms with Crippen LogP contribution in [-0.2, 0) is 9.53 Å². The van der Waals surface area contributed by atoms with Gasteiger partial charge in [-0.05, 0) is 23.8 Å². The van der Waals surface area contributed by atoms with Gasteiger partial charge in [0.05, 0.1) is 5.57 Å². The van der Waals surface area contributed by atoms with Crippen molar-refractivity contribution in [1.82, 2.24) is 0 Å². The number of rotatable bonds is 2. The maximum Gasteiger partial charge on any atom is 0.339 e. The molecule has 2 aromatic carbocycles. The van der Waals surface area contributed by atoms with E-state index in [1.807, 2.05) is 36.4 Å². The minimum atomic E-state index is -0.356. The molecule has 0 saturated heterocycles. The second-order valence-electron chi connectivity index (χ2n) is 5.08. The molecule has 0 atom stereocenters. The van der Waals surface area contributed by atoms with Crippen molar-refractivity contribution in [2.24, 2.45) is 0 Å². The molecule has 2 aromatic rings. The number of hydrogen-bond donors (Lipinski definition) is 1. The van der Waals surface area contributed by atoms with E-state index >= 15 is 0 Å². The second kappa shape index (κ2) is 4.80. The zero-order valence-corrected chi connectivity index (χ0v) is 11.7. The lowest BCUT2D eigenvalue weighted by Gasteiger charge is -2.07. The fourth-order valence-corrected chi connectivity index (χ4v) is 2.71. The van der Waals surface area contributed by atoms with Crippen molar-refractivity contribution in [3.63, 3.8) is 0 Å². The molecule has 2 N–H and O–H groups in total. The van der Waals surface area contributed by atoms with Crippen LogP contribution in [-0.4, -0.2) is 19.4 Å². The van der Waals surface area contributed by atoms with Gasteiger partial charge in [-0.25, -0.2) is 4.79 Å². The van der Waals surface area contributed by atoms with Gasteiger partial charge >= 0.3 is 5.97 Å². The van der Waals surface area contributed by atoms with E-state index in [2.05, 4.69) is 0 Å². The lowest BCUT2D eigenvalue weighted by Crippen LogP contribution is -2.01. The fourth-order valence-electron chi connectivity index (χ4n) is 2.71. The standard InChI is InChI=1S/C17H13NO4/c18-13-4-2-1-3-11(13)16-12(8-20-17(16)19)10-5-6-14-15(7-10)22-9-21-14/h1-7H,8-9,18H2. The largest absolute Gasteiger partial charge is 0.457 e. The van der Waals surface area contributed by atoms with Gasteiger partial charge in [-0.1, -0.05) is 24.3 Å². The average molecular weight is 295 g/mol. The quantitative estimate of drug-likeness (QED) is 0.680. The molecule has 5 nitrogen and oxygen atoms in total. The van der Waals surface area contributed by atoms with Crippen LogP contribution in [0.3, 0.4) is 0 Å². The van der Waals surface area contributed by atoms with Crippen LogP contribution in [0, 0.1) is 0 Å². The highest BCUT2D eigenvalue weighted by Crippen LogP contribution is 2.39. The van der Waals surface area contributed by atoms with Crippen molar-refractivity contribution in [2.75, 3.05) is 19.1 Å². The van der Waals surface area contributed by atoms with Crippen LogP contribution >= 0.6 is 0 Å². The fraction of sp³-hybridized carbons (Fsp3) is 0.118. The number of para-hydroxylation sites is 1. The lowest BCUT2D eigenvalue weighted by molar-refractivity contribution is -0.133. The Morgan fingerprint density at radius 1 is 0.955 bits per heavy atom. The molecule has 0 aromatic heterocycles. The van der Waals surface area contributed by atoms with E-state index in [-0.39, 0.29) is 19.4 Å². The van der Waals surface area contributed by atoms with Crippen molar-refractivity contribution >= 4 is 22.8 Å². The van der Waals surface area contributed by atoms with Crippen LogP contribution < -0.4 is 15.2 Å². The number of nitrogen functional groups attached to an aromatic ring is 1. The van der Waals surface area contributed by atoms with Crippen LogP contribution in [0.5, 0.6) is 11.5 Å². The molecule has 2 aliphatic rings. The van der Waals surface area contributed by atoms with Gasteiger partial charge in [0.1, 0.15) is 6.61 Å². The summed E-state index contributed by atoms with van der Waals surface area (Å²) in [5.74, 6) is 1.02. The van der Waals surface area contributed by atoms with Gasteiger partial charge in [0.15, 0.2) is 11.5 Å². The van der Waals surface area contributed by atoms with Gasteiger partial charge < -0.3 is 19.9 Å². The van der Waals surface area contributed by atoms with E-state index in [1.165, 1.54) is 0 Å². The Bertz CT molecular complexity index is 810. The number of esters is 1. The number of nitrogens with two attached hydrogens (primary N) is 1. The molecule has 0 saturated carbocycles. The first-order valence-electron chi connectivity index (χ1n) is 6.89. The number of fused-ring (bicyclic) bond motifs is 1. The molecule has 0 amide bonds. The Hall–Kier alpha value is -2.95. The molecule has 4 rings (SSSR count). The van der Waals surface area contributed by atoms with Crippen LogP contribution in [0.4, 0.5) is 5.69 Å². The minimum absolute atomic E-state index is 0.214. The van der Waals surface area contributed by atoms with E-state index < -0.39 is 0 Å². The number of benzene rings is 2. The predicted molar refractivity (Wildman–Crippen MR) is 81.2 cm³/mol. The zero-order valence-electron chi connectivity index (χ0n) is 11.7. The number of carbonyl (C=O) groups excluding carboxylic acids is 1. The molecule has 5 heteroatoms. The molecule has 22 heavy (non-hydrogen) atoms. The molecule has 0 unspecified atom stereocenters. The molecule has 0 aliphatic carbocycles. The maximum atomic E-state index is 12.2. The highest BCUT2D eigenvalue weighted by molar-refractivity contribution is 6.28. The first-order chi connectivity index (χ1) is 10.7. The van der Waals surface area contributed by atoms with E-state index in [0.29, 0.717) is 28.3 Å². The lowest BCUT2D eigenvalue weighted by atomic mass is 9.95. The first kappa shape index (κ1) is 12.8. The minimum Gasteiger partial charge on any atom is -0.457 e. The summed E-state index contributed by atoms with van der Waals surface area (Å²) in [5.41, 5.74) is 9.44. The van der Waals surface area contributed by atoms with Crippen LogP contribution in [0.25, 0.3) is 11.1 Å². The highest BCUT2D eigenvalue weighted by Gasteiger charge is 2.29. The van der Waals surface area contributed by atoms with Crippen molar-refractivity contribution < 1.29 is 19.0 Å². The van der Waals surface area contributed by atoms with Crippen LogP contribution in [0.2, 0.25) is 0 Å². The van der Waals surface area contributed by atoms with Gasteiger partial charge in [-0.3, -0.25) is 0 Å². The molecule has 2 heterocycles. The van der Waals surface area contributed by atoms with Crippen molar-refractivity contribution in [3.05, 3.63) is 53.6 Å². The SMILES string of the molecule is Nc1ccccc1C1=C(c2ccc3c(c2)OCO3)COC1=O. The summed E-state index contributed by atoms with van der Waals surface area (Å²) in [4.78, 5) is 12.2. The molecule has 0 spiro atoms. The molecule has 110 valence electrons. The number of anilines is 1. The summed E-state index contributed by atoms with van der Waals surface area (Å²) in [6.45, 7) is 0.438. The Morgan fingerprint density at radius 2 is 1.77 bits per heavy atom. The van der Waals surface area contributed by atoms with Gasteiger partial charge in [0.25, 0.3) is 0 Å². The molecular weight excluding hydrogens is 282 g/mol. The third-order valence-corrected chi connectivity index (χ3v) is 3.80. The summed E-state index contributed by atoms with van der Waals surface area (Å²) in [7, 11) is 0. The zero-order chi connectivity index (χ0) is 15.1. The maximum absolute atomic E-state index is 12.2. The topological polar surface area (TPSA) is 70.8 Å². The summed E-state index contributed by atoms with van der Waals surface area (Å²) in [6.07, 6.45) is 0. The molecule has 2 aliphatic heterocycles. The summed E-state index contributed by atoms with van der Waals surface area (Å²) in [6, 6.07) is 12.9. The van der Waals surface area contributed by atoms with Crippen molar-refractivity contribution in [1.29, 1.82) is 0 Å². The van der Waals surface area contributed by atoms with Crippen LogP contribution in [0.15, 0.2) is 42.5 Å². The number of carbonyl (C=O) groups is 1. The summed E-state index contributed by atoms with van der Waals surface area (Å²) in [5, 5.41) is 0. The van der Waals surface area contributed by atoms with Crippen molar-refractivity contribution in [3.8, 4) is 11.5 Å². The molecule has 0 radical (unpaired) electrons. The van der Waals surface area contributed by atoms with E-state index in [9.17, 15) is 4.79 Å². The van der Waals surface area contributed by atoms with Gasteiger partial charge in [0.2, 0.25) is 6.79 Å². The van der Waals surface area contributed by atoms with E-state index in [0.717, 1.165) is 11.1 Å². The third-order valence-electron chi connectivity index (χ3n) is 3.80. The molecule has 0 fully saturated rings. The summed E-state index contributed by atoms with van der Waals surface area (Å²) < 4.78 is 15.9. The smallest absolute Gasteiger partial charge is 0.339 e. The molecular formula is C17H13NO4. The van der Waals surface area contributed by atoms with Gasteiger partial charge in [-0.2, -0.15) is 0 Å². The van der Waals surface area contributed by atoms with Crippen molar-refractivity contribution in [2.45, 2.75) is 0 Å². The second-order valence-corrected chi connectivity index (χ2v) is 5.08. The first-order valence-corrected chi connectivity index (χ1v) is 6.89. The Labute approximate surface area is 126 Å². The van der Waals surface area contributed by atoms with E-state index in [1.54, 1.807) is 6.07 Å². The summed E-state index contributed by atoms with van der Waals surface area (Å²) >= 11 is 0. The average Bonchev–Trinajstić information content (AvgIpc) is 3.13. The third kappa shape index (κ3) is 1.90. The predicted octanol–water partition coefficient (Wildman–Crippen LogP) is 2.47. The Morgan fingerprint density at radius 3 is 2.64 bits per heavy atom. The number of cyclic esters (lactones) is 1. The van der Waals surface area contributed by atoms with Gasteiger partial charge in [-0.15, -0.1) is 0 Å². The molecule has 0 bridgehead atoms. The van der Waals surface area contributed by atoms with Crippen LogP contribution in [0.1, 0.15) is 11.1 Å². The monoisotopic (exact) mass is 295 g/mol. The van der Waals surface area contributed by atoms with E-state index in [4.69, 9.17) is 19.9 Å². The number of hydrogen-bond acceptors (Lipinski definition) is 5. The Balaban J connectivity index is 1.88.